The first-order chi connectivity index (χ1) is 9.53. The third-order valence-electron chi connectivity index (χ3n) is 2.82. The van der Waals surface area contributed by atoms with Crippen molar-refractivity contribution in [2.75, 3.05) is 20.8 Å². The lowest BCUT2D eigenvalue weighted by Gasteiger charge is -2.17. The second-order valence-corrected chi connectivity index (χ2v) is 4.14. The lowest BCUT2D eigenvalue weighted by atomic mass is 10.00. The number of carbonyl (C=O) groups is 2. The largest absolute Gasteiger partial charge is 0.497 e. The summed E-state index contributed by atoms with van der Waals surface area (Å²) in [4.78, 5) is 23.3. The number of hydrogen-bond acceptors (Lipinski definition) is 5. The van der Waals surface area contributed by atoms with Crippen molar-refractivity contribution in [3.05, 3.63) is 23.8 Å². The molecule has 6 heteroatoms. The summed E-state index contributed by atoms with van der Waals surface area (Å²) in [7, 11) is 2.95. The molecule has 6 nitrogen and oxygen atoms in total. The van der Waals surface area contributed by atoms with E-state index in [9.17, 15) is 9.59 Å². The van der Waals surface area contributed by atoms with E-state index < -0.39 is 12.0 Å². The van der Waals surface area contributed by atoms with E-state index in [0.29, 0.717) is 23.6 Å². The quantitative estimate of drug-likeness (QED) is 0.699. The second kappa shape index (κ2) is 7.49. The van der Waals surface area contributed by atoms with Gasteiger partial charge >= 0.3 is 5.97 Å². The Bertz CT molecular complexity index is 486. The molecular weight excluding hydrogens is 262 g/mol. The van der Waals surface area contributed by atoms with Gasteiger partial charge in [-0.25, -0.2) is 0 Å². The molecule has 0 aromatic heterocycles. The van der Waals surface area contributed by atoms with Gasteiger partial charge < -0.3 is 19.9 Å². The highest BCUT2D eigenvalue weighted by molar-refractivity contribution is 6.04. The zero-order chi connectivity index (χ0) is 15.1. The van der Waals surface area contributed by atoms with Crippen LogP contribution in [0.25, 0.3) is 0 Å². The van der Waals surface area contributed by atoms with Crippen molar-refractivity contribution in [2.24, 2.45) is 0 Å². The van der Waals surface area contributed by atoms with E-state index in [1.54, 1.807) is 18.2 Å². The van der Waals surface area contributed by atoms with Crippen molar-refractivity contribution in [1.29, 1.82) is 0 Å². The fourth-order valence-electron chi connectivity index (χ4n) is 1.87. The van der Waals surface area contributed by atoms with Crippen molar-refractivity contribution >= 4 is 11.8 Å². The van der Waals surface area contributed by atoms with Gasteiger partial charge in [0.15, 0.2) is 5.78 Å². The van der Waals surface area contributed by atoms with Crippen molar-refractivity contribution in [3.8, 4) is 11.5 Å². The fraction of sp³-hybridized carbons (Fsp3) is 0.429. The minimum Gasteiger partial charge on any atom is -0.497 e. The predicted molar refractivity (Wildman–Crippen MR) is 73.6 cm³/mol. The molecule has 20 heavy (non-hydrogen) atoms. The summed E-state index contributed by atoms with van der Waals surface area (Å²) in [6, 6.07) is 4.05. The number of likely N-dealkylation sites (N-methyl/N-ethyl adjacent to an activating group) is 1. The number of methoxy groups -OCH3 is 2. The molecule has 1 atom stereocenters. The molecule has 0 aliphatic heterocycles. The average Bonchev–Trinajstić information content (AvgIpc) is 2.44. The van der Waals surface area contributed by atoms with E-state index in [4.69, 9.17) is 14.6 Å². The lowest BCUT2D eigenvalue weighted by Crippen LogP contribution is -2.38. The van der Waals surface area contributed by atoms with Crippen LogP contribution in [0.4, 0.5) is 0 Å². The molecular formula is C14H19NO5. The van der Waals surface area contributed by atoms with Gasteiger partial charge in [-0.1, -0.05) is 6.92 Å². The van der Waals surface area contributed by atoms with E-state index in [-0.39, 0.29) is 12.2 Å². The van der Waals surface area contributed by atoms with Crippen molar-refractivity contribution in [3.63, 3.8) is 0 Å². The number of carboxylic acids is 1. The molecule has 1 unspecified atom stereocenters. The van der Waals surface area contributed by atoms with Gasteiger partial charge in [-0.05, 0) is 24.7 Å². The smallest absolute Gasteiger partial charge is 0.305 e. The van der Waals surface area contributed by atoms with Crippen LogP contribution >= 0.6 is 0 Å². The first-order valence-corrected chi connectivity index (χ1v) is 6.24. The number of Topliss-reactive ketones (excluding diaryl/α,β-unsaturated/α-hetero) is 1. The van der Waals surface area contributed by atoms with Crippen LogP contribution in [0.1, 0.15) is 23.7 Å². The molecule has 0 bridgehead atoms. The maximum absolute atomic E-state index is 12.5. The van der Waals surface area contributed by atoms with Gasteiger partial charge in [0, 0.05) is 0 Å². The summed E-state index contributed by atoms with van der Waals surface area (Å²) in [5.41, 5.74) is 0.305. The van der Waals surface area contributed by atoms with Gasteiger partial charge in [0.05, 0.1) is 32.2 Å². The molecule has 110 valence electrons. The molecule has 1 aromatic rings. The minimum absolute atomic E-state index is 0.285. The first kappa shape index (κ1) is 16.0. The molecule has 0 aliphatic rings. The topological polar surface area (TPSA) is 84.9 Å². The number of rotatable bonds is 8. The SMILES string of the molecule is CCNC(CC(=O)O)C(=O)c1cc(OC)ccc1OC. The lowest BCUT2D eigenvalue weighted by molar-refractivity contribution is -0.137. The molecule has 0 aliphatic carbocycles. The van der Waals surface area contributed by atoms with Gasteiger partial charge in [-0.3, -0.25) is 9.59 Å². The molecule has 2 N–H and O–H groups in total. The van der Waals surface area contributed by atoms with Crippen LogP contribution in [0.15, 0.2) is 18.2 Å². The normalized spacial score (nSPS) is 11.8. The maximum atomic E-state index is 12.5. The third kappa shape index (κ3) is 3.96. The molecule has 0 fully saturated rings. The summed E-state index contributed by atoms with van der Waals surface area (Å²) in [5, 5.41) is 11.8. The van der Waals surface area contributed by atoms with Crippen LogP contribution in [-0.4, -0.2) is 43.7 Å². The number of nitrogens with one attached hydrogen (secondary N) is 1. The van der Waals surface area contributed by atoms with Crippen molar-refractivity contribution < 1.29 is 24.2 Å². The van der Waals surface area contributed by atoms with Crippen LogP contribution in [0, 0.1) is 0 Å². The summed E-state index contributed by atoms with van der Waals surface area (Å²) >= 11 is 0. The zero-order valence-electron chi connectivity index (χ0n) is 11.8. The van der Waals surface area contributed by atoms with Gasteiger partial charge in [0.2, 0.25) is 0 Å². The number of ether oxygens (including phenoxy) is 2. The van der Waals surface area contributed by atoms with Gasteiger partial charge in [0.25, 0.3) is 0 Å². The van der Waals surface area contributed by atoms with Gasteiger partial charge in [-0.15, -0.1) is 0 Å². The Morgan fingerprint density at radius 1 is 1.30 bits per heavy atom. The van der Waals surface area contributed by atoms with E-state index in [1.165, 1.54) is 14.2 Å². The average molecular weight is 281 g/mol. The molecule has 0 spiro atoms. The second-order valence-electron chi connectivity index (χ2n) is 4.14. The zero-order valence-corrected chi connectivity index (χ0v) is 11.8. The Morgan fingerprint density at radius 3 is 2.50 bits per heavy atom. The number of carboxylic acid groups (broad SMARTS) is 1. The minimum atomic E-state index is -1.04. The molecule has 0 radical (unpaired) electrons. The summed E-state index contributed by atoms with van der Waals surface area (Å²) in [6.07, 6.45) is -0.285. The Balaban J connectivity index is 3.11. The van der Waals surface area contributed by atoms with Crippen LogP contribution in [-0.2, 0) is 4.79 Å². The highest BCUT2D eigenvalue weighted by Gasteiger charge is 2.25. The van der Waals surface area contributed by atoms with Crippen LogP contribution in [0.5, 0.6) is 11.5 Å². The Labute approximate surface area is 117 Å². The van der Waals surface area contributed by atoms with E-state index in [2.05, 4.69) is 5.32 Å². The van der Waals surface area contributed by atoms with Crippen LogP contribution < -0.4 is 14.8 Å². The van der Waals surface area contributed by atoms with E-state index in [1.807, 2.05) is 6.92 Å². The molecule has 1 rings (SSSR count). The van der Waals surface area contributed by atoms with Gasteiger partial charge in [0.1, 0.15) is 11.5 Å². The molecule has 0 saturated heterocycles. The summed E-state index contributed by atoms with van der Waals surface area (Å²) < 4.78 is 10.2. The predicted octanol–water partition coefficient (Wildman–Crippen LogP) is 1.34. The van der Waals surface area contributed by atoms with Gasteiger partial charge in [-0.2, -0.15) is 0 Å². The van der Waals surface area contributed by atoms with Crippen molar-refractivity contribution in [1.82, 2.24) is 5.32 Å². The maximum Gasteiger partial charge on any atom is 0.305 e. The Kier molecular flexibility index (Phi) is 5.99. The molecule has 0 heterocycles. The monoisotopic (exact) mass is 281 g/mol. The van der Waals surface area contributed by atoms with E-state index >= 15 is 0 Å². The fourth-order valence-corrected chi connectivity index (χ4v) is 1.87. The number of benzene rings is 1. The molecule has 1 aromatic carbocycles. The number of carbonyl (C=O) groups excluding carboxylic acids is 1. The number of ketones is 1. The number of aliphatic carboxylic acids is 1. The highest BCUT2D eigenvalue weighted by atomic mass is 16.5. The van der Waals surface area contributed by atoms with Crippen LogP contribution in [0.3, 0.4) is 0 Å². The molecule has 0 amide bonds. The molecule has 0 saturated carbocycles. The van der Waals surface area contributed by atoms with Crippen LogP contribution in [0.2, 0.25) is 0 Å². The third-order valence-corrected chi connectivity index (χ3v) is 2.82. The Morgan fingerprint density at radius 2 is 2.00 bits per heavy atom. The standard InChI is InChI=1S/C14H19NO5/c1-4-15-11(8-13(16)17)14(18)10-7-9(19-2)5-6-12(10)20-3/h5-7,11,15H,4,8H2,1-3H3,(H,16,17). The Hall–Kier alpha value is -2.08. The highest BCUT2D eigenvalue weighted by Crippen LogP contribution is 2.25. The summed E-state index contributed by atoms with van der Waals surface area (Å²) in [6.45, 7) is 2.31. The van der Waals surface area contributed by atoms with E-state index in [0.717, 1.165) is 0 Å². The first-order valence-electron chi connectivity index (χ1n) is 6.24. The van der Waals surface area contributed by atoms with Crippen molar-refractivity contribution in [2.45, 2.75) is 19.4 Å². The summed E-state index contributed by atoms with van der Waals surface area (Å²) in [5.74, 6) is -0.458. The number of hydrogen-bond donors (Lipinski definition) is 2.